The molecule has 19 heavy (non-hydrogen) atoms. The van der Waals surface area contributed by atoms with Crippen molar-refractivity contribution in [3.05, 3.63) is 29.8 Å². The lowest BCUT2D eigenvalue weighted by Gasteiger charge is -2.28. The largest absolute Gasteiger partial charge is 0.496 e. The van der Waals surface area contributed by atoms with Crippen LogP contribution in [0.15, 0.2) is 24.3 Å². The number of hydrogen-bond acceptors (Lipinski definition) is 2. The third kappa shape index (κ3) is 3.95. The molecule has 0 unspecified atom stereocenters. The van der Waals surface area contributed by atoms with E-state index in [0.29, 0.717) is 12.1 Å². The Bertz CT molecular complexity index is 381. The van der Waals surface area contributed by atoms with Gasteiger partial charge in [0.2, 0.25) is 0 Å². The van der Waals surface area contributed by atoms with E-state index >= 15 is 0 Å². The van der Waals surface area contributed by atoms with Crippen LogP contribution in [0, 0.1) is 0 Å². The average molecular weight is 264 g/mol. The van der Waals surface area contributed by atoms with E-state index in [1.807, 2.05) is 19.2 Å². The van der Waals surface area contributed by atoms with Crippen molar-refractivity contribution in [3.63, 3.8) is 0 Å². The van der Waals surface area contributed by atoms with Gasteiger partial charge >= 0.3 is 0 Å². The molecule has 1 aromatic rings. The van der Waals surface area contributed by atoms with E-state index in [2.05, 4.69) is 17.4 Å². The number of ether oxygens (including phenoxy) is 2. The Hall–Kier alpha value is -1.06. The van der Waals surface area contributed by atoms with Crippen molar-refractivity contribution in [1.29, 1.82) is 0 Å². The highest BCUT2D eigenvalue weighted by molar-refractivity contribution is 5.33. The highest BCUT2D eigenvalue weighted by Crippen LogP contribution is 2.19. The highest BCUT2D eigenvalue weighted by Gasteiger charge is 2.27. The molecule has 1 saturated carbocycles. The second kappa shape index (κ2) is 7.51. The van der Waals surface area contributed by atoms with Crippen LogP contribution in [0.3, 0.4) is 0 Å². The molecule has 0 amide bonds. The highest BCUT2D eigenvalue weighted by atomic mass is 16.5. The first-order chi connectivity index (χ1) is 9.35. The third-order valence-electron chi connectivity index (χ3n) is 4.13. The molecular formula is C16H26NO2+. The van der Waals surface area contributed by atoms with Crippen molar-refractivity contribution in [3.8, 4) is 5.75 Å². The molecule has 2 atom stereocenters. The maximum Gasteiger partial charge on any atom is 0.122 e. The number of rotatable bonds is 6. The predicted octanol–water partition coefficient (Wildman–Crippen LogP) is 1.76. The molecular weight excluding hydrogens is 238 g/mol. The molecule has 3 nitrogen and oxygen atoms in total. The number of para-hydroxylation sites is 1. The van der Waals surface area contributed by atoms with Gasteiger partial charge in [0.25, 0.3) is 0 Å². The Balaban J connectivity index is 1.82. The van der Waals surface area contributed by atoms with Gasteiger partial charge in [-0.1, -0.05) is 24.6 Å². The normalized spacial score (nSPS) is 23.3. The Labute approximate surface area is 116 Å². The summed E-state index contributed by atoms with van der Waals surface area (Å²) in [4.78, 5) is 0. The Morgan fingerprint density at radius 3 is 2.74 bits per heavy atom. The van der Waals surface area contributed by atoms with Gasteiger partial charge in [0, 0.05) is 20.0 Å². The smallest absolute Gasteiger partial charge is 0.122 e. The number of hydrogen-bond donors (Lipinski definition) is 1. The first-order valence-electron chi connectivity index (χ1n) is 7.33. The summed E-state index contributed by atoms with van der Waals surface area (Å²) in [5, 5.41) is 2.46. The first kappa shape index (κ1) is 14.4. The van der Waals surface area contributed by atoms with Crippen molar-refractivity contribution in [2.45, 2.75) is 44.2 Å². The van der Waals surface area contributed by atoms with Crippen molar-refractivity contribution in [2.24, 2.45) is 0 Å². The summed E-state index contributed by atoms with van der Waals surface area (Å²) in [6.45, 7) is 1.10. The summed E-state index contributed by atoms with van der Waals surface area (Å²) in [5.74, 6) is 1.00. The molecule has 0 radical (unpaired) electrons. The molecule has 3 heteroatoms. The van der Waals surface area contributed by atoms with Gasteiger partial charge in [-0.25, -0.2) is 0 Å². The molecule has 106 valence electrons. The van der Waals surface area contributed by atoms with E-state index in [-0.39, 0.29) is 0 Å². The van der Waals surface area contributed by atoms with E-state index < -0.39 is 0 Å². The summed E-state index contributed by atoms with van der Waals surface area (Å²) >= 11 is 0. The van der Waals surface area contributed by atoms with Gasteiger partial charge in [-0.2, -0.15) is 0 Å². The molecule has 1 aliphatic carbocycles. The van der Waals surface area contributed by atoms with Crippen LogP contribution in [0.2, 0.25) is 0 Å². The molecule has 1 aliphatic rings. The SMILES string of the molecule is COc1ccccc1CC[NH2+][C@H]1CCCC[C@H]1OC. The third-order valence-corrected chi connectivity index (χ3v) is 4.13. The maximum atomic E-state index is 5.60. The van der Waals surface area contributed by atoms with Crippen molar-refractivity contribution in [2.75, 3.05) is 20.8 Å². The molecule has 2 rings (SSSR count). The van der Waals surface area contributed by atoms with E-state index in [1.54, 1.807) is 7.11 Å². The second-order valence-electron chi connectivity index (χ2n) is 5.31. The number of methoxy groups -OCH3 is 2. The fourth-order valence-corrected chi connectivity index (χ4v) is 3.05. The predicted molar refractivity (Wildman–Crippen MR) is 76.5 cm³/mol. The van der Waals surface area contributed by atoms with Crippen molar-refractivity contribution in [1.82, 2.24) is 0 Å². The van der Waals surface area contributed by atoms with Crippen LogP contribution in [-0.2, 0) is 11.2 Å². The minimum Gasteiger partial charge on any atom is -0.496 e. The molecule has 0 saturated heterocycles. The van der Waals surface area contributed by atoms with E-state index in [9.17, 15) is 0 Å². The van der Waals surface area contributed by atoms with Crippen LogP contribution < -0.4 is 10.1 Å². The average Bonchev–Trinajstić information content (AvgIpc) is 2.48. The lowest BCUT2D eigenvalue weighted by molar-refractivity contribution is -0.698. The van der Waals surface area contributed by atoms with Gasteiger partial charge in [-0.15, -0.1) is 0 Å². The monoisotopic (exact) mass is 264 g/mol. The molecule has 0 spiro atoms. The lowest BCUT2D eigenvalue weighted by Crippen LogP contribution is -2.93. The van der Waals surface area contributed by atoms with Gasteiger partial charge in [-0.05, 0) is 24.5 Å². The Morgan fingerprint density at radius 2 is 1.95 bits per heavy atom. The van der Waals surface area contributed by atoms with E-state index in [4.69, 9.17) is 9.47 Å². The molecule has 0 bridgehead atoms. The standard InChI is InChI=1S/C16H25NO2/c1-18-15-9-5-3-7-13(15)11-12-17-14-8-4-6-10-16(14)19-2/h3,5,7,9,14,16-17H,4,6,8,10-12H2,1-2H3/p+1/t14-,16+/m0/s1. The van der Waals surface area contributed by atoms with Crippen LogP contribution in [0.25, 0.3) is 0 Å². The fourth-order valence-electron chi connectivity index (χ4n) is 3.05. The van der Waals surface area contributed by atoms with Crippen molar-refractivity contribution >= 4 is 0 Å². The summed E-state index contributed by atoms with van der Waals surface area (Å²) < 4.78 is 11.0. The summed E-state index contributed by atoms with van der Waals surface area (Å²) in [5.41, 5.74) is 1.30. The van der Waals surface area contributed by atoms with E-state index in [0.717, 1.165) is 18.7 Å². The first-order valence-corrected chi connectivity index (χ1v) is 7.33. The molecule has 0 heterocycles. The van der Waals surface area contributed by atoms with Gasteiger partial charge < -0.3 is 14.8 Å². The minimum absolute atomic E-state index is 0.436. The topological polar surface area (TPSA) is 35.1 Å². The summed E-state index contributed by atoms with van der Waals surface area (Å²) in [7, 11) is 3.59. The Morgan fingerprint density at radius 1 is 1.16 bits per heavy atom. The van der Waals surface area contributed by atoms with Crippen LogP contribution in [-0.4, -0.2) is 32.9 Å². The van der Waals surface area contributed by atoms with Crippen LogP contribution in [0.1, 0.15) is 31.2 Å². The summed E-state index contributed by atoms with van der Waals surface area (Å²) in [6.07, 6.45) is 6.64. The van der Waals surface area contributed by atoms with Crippen LogP contribution in [0.4, 0.5) is 0 Å². The van der Waals surface area contributed by atoms with Crippen LogP contribution in [0.5, 0.6) is 5.75 Å². The van der Waals surface area contributed by atoms with Crippen molar-refractivity contribution < 1.29 is 14.8 Å². The quantitative estimate of drug-likeness (QED) is 0.849. The number of benzene rings is 1. The van der Waals surface area contributed by atoms with E-state index in [1.165, 1.54) is 31.2 Å². The summed E-state index contributed by atoms with van der Waals surface area (Å²) in [6, 6.07) is 8.92. The molecule has 1 aromatic carbocycles. The number of nitrogens with two attached hydrogens (primary N) is 1. The fraction of sp³-hybridized carbons (Fsp3) is 0.625. The molecule has 0 aromatic heterocycles. The van der Waals surface area contributed by atoms with Gasteiger partial charge in [0.1, 0.15) is 17.9 Å². The molecule has 0 aliphatic heterocycles. The second-order valence-corrected chi connectivity index (χ2v) is 5.31. The van der Waals surface area contributed by atoms with Crippen LogP contribution >= 0.6 is 0 Å². The zero-order chi connectivity index (χ0) is 13.5. The molecule has 2 N–H and O–H groups in total. The minimum atomic E-state index is 0.436. The van der Waals surface area contributed by atoms with Gasteiger partial charge in [-0.3, -0.25) is 0 Å². The number of quaternary nitrogens is 1. The maximum absolute atomic E-state index is 5.60. The lowest BCUT2D eigenvalue weighted by atomic mass is 9.92. The van der Waals surface area contributed by atoms with Gasteiger partial charge in [0.05, 0.1) is 13.7 Å². The molecule has 1 fully saturated rings. The van der Waals surface area contributed by atoms with Gasteiger partial charge in [0.15, 0.2) is 0 Å². The zero-order valence-corrected chi connectivity index (χ0v) is 12.1. The Kier molecular flexibility index (Phi) is 5.67. The zero-order valence-electron chi connectivity index (χ0n) is 12.1.